The van der Waals surface area contributed by atoms with Gasteiger partial charge in [-0.15, -0.1) is 0 Å². The highest BCUT2D eigenvalue weighted by atomic mass is 127. The monoisotopic (exact) mass is 264 g/mol. The highest BCUT2D eigenvalue weighted by Gasteiger charge is 2.47. The summed E-state index contributed by atoms with van der Waals surface area (Å²) in [5.41, 5.74) is 0. The van der Waals surface area contributed by atoms with Crippen LogP contribution in [0.3, 0.4) is 0 Å². The summed E-state index contributed by atoms with van der Waals surface area (Å²) < 4.78 is 0.556. The Hall–Kier alpha value is 0.730. The fourth-order valence-corrected chi connectivity index (χ4v) is 4.39. The van der Waals surface area contributed by atoms with Crippen molar-refractivity contribution in [2.75, 3.05) is 0 Å². The zero-order chi connectivity index (χ0) is 8.06. The van der Waals surface area contributed by atoms with Crippen LogP contribution in [0, 0.1) is 17.8 Å². The Kier molecular flexibility index (Phi) is 1.98. The van der Waals surface area contributed by atoms with Crippen molar-refractivity contribution < 1.29 is 0 Å². The summed E-state index contributed by atoms with van der Waals surface area (Å²) in [7, 11) is 0. The maximum atomic E-state index is 2.65. The molecule has 0 aromatic heterocycles. The maximum absolute atomic E-state index is 2.65. The minimum absolute atomic E-state index is 0.556. The van der Waals surface area contributed by atoms with Crippen LogP contribution in [0.2, 0.25) is 0 Å². The molecule has 0 aromatic carbocycles. The van der Waals surface area contributed by atoms with E-state index in [0.29, 0.717) is 3.42 Å². The van der Waals surface area contributed by atoms with Gasteiger partial charge in [-0.2, -0.15) is 0 Å². The van der Waals surface area contributed by atoms with Crippen molar-refractivity contribution in [1.29, 1.82) is 0 Å². The summed E-state index contributed by atoms with van der Waals surface area (Å²) in [6.07, 6.45) is 6.12. The summed E-state index contributed by atoms with van der Waals surface area (Å²) in [6, 6.07) is 0. The summed E-state index contributed by atoms with van der Waals surface area (Å²) >= 11 is 2.65. The molecule has 0 atom stereocenters. The van der Waals surface area contributed by atoms with Crippen LogP contribution in [0.5, 0.6) is 0 Å². The fraction of sp³-hybridized carbons (Fsp3) is 1.00. The highest BCUT2D eigenvalue weighted by Crippen LogP contribution is 2.55. The van der Waals surface area contributed by atoms with E-state index in [9.17, 15) is 0 Å². The lowest BCUT2D eigenvalue weighted by atomic mass is 9.86. The van der Waals surface area contributed by atoms with Gasteiger partial charge < -0.3 is 0 Å². The van der Waals surface area contributed by atoms with E-state index in [-0.39, 0.29) is 0 Å². The zero-order valence-electron chi connectivity index (χ0n) is 7.44. The van der Waals surface area contributed by atoms with Gasteiger partial charge in [0.05, 0.1) is 0 Å². The van der Waals surface area contributed by atoms with E-state index < -0.39 is 0 Å². The first-order valence-corrected chi connectivity index (χ1v) is 5.86. The molecular weight excluding hydrogens is 247 g/mol. The molecule has 2 aliphatic rings. The first-order valence-electron chi connectivity index (χ1n) is 4.78. The predicted octanol–water partition coefficient (Wildman–Crippen LogP) is 3.64. The molecule has 1 heteroatoms. The molecule has 0 heterocycles. The molecule has 0 aromatic rings. The van der Waals surface area contributed by atoms with Gasteiger partial charge in [0.2, 0.25) is 0 Å². The van der Waals surface area contributed by atoms with E-state index in [1.54, 1.807) is 0 Å². The van der Waals surface area contributed by atoms with E-state index in [4.69, 9.17) is 0 Å². The Labute approximate surface area is 83.3 Å². The van der Waals surface area contributed by atoms with Gasteiger partial charge in [0.1, 0.15) is 0 Å². The summed E-state index contributed by atoms with van der Waals surface area (Å²) in [5.74, 6) is 3.22. The van der Waals surface area contributed by atoms with Gasteiger partial charge >= 0.3 is 0 Å². The van der Waals surface area contributed by atoms with Crippen LogP contribution in [0.25, 0.3) is 0 Å². The lowest BCUT2D eigenvalue weighted by molar-refractivity contribution is 0.343. The van der Waals surface area contributed by atoms with Crippen LogP contribution in [-0.4, -0.2) is 3.42 Å². The van der Waals surface area contributed by atoms with Crippen molar-refractivity contribution in [1.82, 2.24) is 0 Å². The smallest absolute Gasteiger partial charge is 0.0199 e. The molecule has 0 aliphatic heterocycles. The van der Waals surface area contributed by atoms with Gasteiger partial charge in [-0.3, -0.25) is 0 Å². The molecule has 64 valence electrons. The molecule has 0 spiro atoms. The number of fused-ring (bicyclic) bond motifs is 2. The third-order valence-electron chi connectivity index (χ3n) is 3.62. The first-order chi connectivity index (χ1) is 5.09. The standard InChI is InChI=1S/C10H17I/c1-10(2,11)9-7-3-4-8(9)6-5-7/h7-9H,3-6H2,1-2H3. The maximum Gasteiger partial charge on any atom is 0.0199 e. The minimum atomic E-state index is 0.556. The van der Waals surface area contributed by atoms with Crippen molar-refractivity contribution in [2.24, 2.45) is 17.8 Å². The number of rotatable bonds is 1. The Balaban J connectivity index is 2.16. The number of alkyl halides is 1. The first kappa shape index (κ1) is 8.33. The van der Waals surface area contributed by atoms with Gasteiger partial charge in [-0.05, 0) is 43.4 Å². The van der Waals surface area contributed by atoms with E-state index in [0.717, 1.165) is 17.8 Å². The molecule has 0 nitrogen and oxygen atoms in total. The van der Waals surface area contributed by atoms with Gasteiger partial charge in [0, 0.05) is 3.42 Å². The Morgan fingerprint density at radius 3 is 1.55 bits per heavy atom. The molecule has 0 unspecified atom stereocenters. The molecule has 0 saturated heterocycles. The second kappa shape index (κ2) is 2.61. The van der Waals surface area contributed by atoms with Gasteiger partial charge in [0.25, 0.3) is 0 Å². The average molecular weight is 264 g/mol. The summed E-state index contributed by atoms with van der Waals surface area (Å²) in [6.45, 7) is 4.82. The Bertz CT molecular complexity index is 137. The van der Waals surface area contributed by atoms with Crippen molar-refractivity contribution in [3.05, 3.63) is 0 Å². The van der Waals surface area contributed by atoms with E-state index in [1.807, 2.05) is 0 Å². The molecule has 0 radical (unpaired) electrons. The minimum Gasteiger partial charge on any atom is -0.0792 e. The fourth-order valence-electron chi connectivity index (χ4n) is 3.37. The number of halogens is 1. The molecule has 2 saturated carbocycles. The topological polar surface area (TPSA) is 0 Å². The quantitative estimate of drug-likeness (QED) is 0.501. The van der Waals surface area contributed by atoms with Crippen molar-refractivity contribution in [2.45, 2.75) is 43.0 Å². The lowest BCUT2D eigenvalue weighted by Crippen LogP contribution is -2.27. The lowest BCUT2D eigenvalue weighted by Gasteiger charge is -2.29. The van der Waals surface area contributed by atoms with Crippen molar-refractivity contribution >= 4 is 22.6 Å². The SMILES string of the molecule is CC(C)(I)C1C2CCC1CC2. The number of hydrogen-bond acceptors (Lipinski definition) is 0. The molecule has 2 aliphatic carbocycles. The van der Waals surface area contributed by atoms with Crippen LogP contribution in [-0.2, 0) is 0 Å². The summed E-state index contributed by atoms with van der Waals surface area (Å²) in [4.78, 5) is 0. The molecule has 0 amide bonds. The van der Waals surface area contributed by atoms with Crippen LogP contribution in [0.4, 0.5) is 0 Å². The Morgan fingerprint density at radius 2 is 1.36 bits per heavy atom. The van der Waals surface area contributed by atoms with Gasteiger partial charge in [-0.25, -0.2) is 0 Å². The van der Waals surface area contributed by atoms with Gasteiger partial charge in [0.15, 0.2) is 0 Å². The average Bonchev–Trinajstić information content (AvgIpc) is 2.40. The normalized spacial score (nSPS) is 43.4. The van der Waals surface area contributed by atoms with Crippen LogP contribution < -0.4 is 0 Å². The van der Waals surface area contributed by atoms with Crippen LogP contribution in [0.1, 0.15) is 39.5 Å². The largest absolute Gasteiger partial charge is 0.0792 e. The molecule has 2 rings (SSSR count). The van der Waals surface area contributed by atoms with Crippen molar-refractivity contribution in [3.63, 3.8) is 0 Å². The third-order valence-corrected chi connectivity index (χ3v) is 4.34. The molecule has 2 bridgehead atoms. The van der Waals surface area contributed by atoms with E-state index in [1.165, 1.54) is 25.7 Å². The molecule has 2 fully saturated rings. The number of hydrogen-bond donors (Lipinski definition) is 0. The second-order valence-corrected chi connectivity index (χ2v) is 7.55. The Morgan fingerprint density at radius 1 is 1.00 bits per heavy atom. The van der Waals surface area contributed by atoms with E-state index in [2.05, 4.69) is 36.4 Å². The van der Waals surface area contributed by atoms with Gasteiger partial charge in [-0.1, -0.05) is 36.4 Å². The molecule has 0 N–H and O–H groups in total. The molecule has 11 heavy (non-hydrogen) atoms. The second-order valence-electron chi connectivity index (χ2n) is 4.77. The van der Waals surface area contributed by atoms with Crippen LogP contribution in [0.15, 0.2) is 0 Å². The zero-order valence-corrected chi connectivity index (χ0v) is 9.60. The third kappa shape index (κ3) is 1.34. The van der Waals surface area contributed by atoms with E-state index >= 15 is 0 Å². The predicted molar refractivity (Wildman–Crippen MR) is 57.0 cm³/mol. The van der Waals surface area contributed by atoms with Crippen LogP contribution >= 0.6 is 22.6 Å². The summed E-state index contributed by atoms with van der Waals surface area (Å²) in [5, 5.41) is 0. The highest BCUT2D eigenvalue weighted by molar-refractivity contribution is 14.1. The molecular formula is C10H17I. The van der Waals surface area contributed by atoms with Crippen molar-refractivity contribution in [3.8, 4) is 0 Å².